The summed E-state index contributed by atoms with van der Waals surface area (Å²) in [5.41, 5.74) is 0. The first-order chi connectivity index (χ1) is 11.3. The number of rotatable bonds is 18. The maximum absolute atomic E-state index is 9.59. The van der Waals surface area contributed by atoms with E-state index in [0.29, 0.717) is 52.9 Å². The molecule has 2 unspecified atom stereocenters. The Kier molecular flexibility index (Phi) is 17.8. The van der Waals surface area contributed by atoms with Crippen molar-refractivity contribution in [3.05, 3.63) is 0 Å². The maximum atomic E-state index is 9.59. The Labute approximate surface area is 138 Å². The predicted octanol–water partition coefficient (Wildman–Crippen LogP) is -0.806. The molecule has 0 fully saturated rings. The van der Waals surface area contributed by atoms with Crippen molar-refractivity contribution in [3.8, 4) is 0 Å². The summed E-state index contributed by atoms with van der Waals surface area (Å²) >= 11 is 0. The van der Waals surface area contributed by atoms with Crippen LogP contribution in [-0.4, -0.2) is 100 Å². The summed E-state index contributed by atoms with van der Waals surface area (Å²) < 4.78 is 26.4. The summed E-state index contributed by atoms with van der Waals surface area (Å²) in [5, 5.41) is 27.0. The number of aliphatic hydroxyl groups is 3. The van der Waals surface area contributed by atoms with Crippen LogP contribution in [0.4, 0.5) is 0 Å². The highest BCUT2D eigenvalue weighted by atomic mass is 16.6. The first-order valence-electron chi connectivity index (χ1n) is 8.08. The standard InChI is InChI=1S/C15H32O8/c1-2-4-23-15(14(18)12-17)13-22-11-10-21-9-8-20-7-6-19-5-3-16/h14-18H,2-13H2,1H3. The Morgan fingerprint density at radius 1 is 0.739 bits per heavy atom. The highest BCUT2D eigenvalue weighted by molar-refractivity contribution is 4.67. The van der Waals surface area contributed by atoms with Crippen LogP contribution in [0.1, 0.15) is 13.3 Å². The van der Waals surface area contributed by atoms with Crippen LogP contribution in [0.3, 0.4) is 0 Å². The summed E-state index contributed by atoms with van der Waals surface area (Å²) in [4.78, 5) is 0. The van der Waals surface area contributed by atoms with Crippen LogP contribution in [-0.2, 0) is 23.7 Å². The quantitative estimate of drug-likeness (QED) is 0.278. The molecular weight excluding hydrogens is 308 g/mol. The number of hydrogen-bond donors (Lipinski definition) is 3. The van der Waals surface area contributed by atoms with Gasteiger partial charge in [-0.1, -0.05) is 6.92 Å². The zero-order valence-electron chi connectivity index (χ0n) is 14.0. The first kappa shape index (κ1) is 22.7. The SMILES string of the molecule is CCCOC(COCCOCCOCCOCCO)C(O)CO. The zero-order valence-corrected chi connectivity index (χ0v) is 14.0. The molecule has 0 amide bonds. The molecule has 0 aliphatic heterocycles. The molecule has 0 aliphatic rings. The number of hydrogen-bond acceptors (Lipinski definition) is 8. The summed E-state index contributed by atoms with van der Waals surface area (Å²) in [6.07, 6.45) is -0.630. The minimum absolute atomic E-state index is 0.0167. The van der Waals surface area contributed by atoms with Gasteiger partial charge in [-0.3, -0.25) is 0 Å². The smallest absolute Gasteiger partial charge is 0.109 e. The Bertz CT molecular complexity index is 230. The van der Waals surface area contributed by atoms with E-state index in [4.69, 9.17) is 33.9 Å². The highest BCUT2D eigenvalue weighted by Gasteiger charge is 2.18. The van der Waals surface area contributed by atoms with E-state index in [1.54, 1.807) is 0 Å². The lowest BCUT2D eigenvalue weighted by Gasteiger charge is -2.21. The van der Waals surface area contributed by atoms with Crippen molar-refractivity contribution in [2.24, 2.45) is 0 Å². The van der Waals surface area contributed by atoms with Gasteiger partial charge in [0.2, 0.25) is 0 Å². The summed E-state index contributed by atoms with van der Waals surface area (Å²) in [6, 6.07) is 0. The van der Waals surface area contributed by atoms with E-state index in [1.807, 2.05) is 6.92 Å². The molecule has 0 bridgehead atoms. The fraction of sp³-hybridized carbons (Fsp3) is 1.00. The molecular formula is C15H32O8. The average molecular weight is 340 g/mol. The third-order valence-corrected chi connectivity index (χ3v) is 2.79. The Balaban J connectivity index is 3.38. The topological polar surface area (TPSA) is 107 Å². The normalized spacial score (nSPS) is 14.1. The Morgan fingerprint density at radius 3 is 1.74 bits per heavy atom. The minimum Gasteiger partial charge on any atom is -0.394 e. The molecule has 0 aliphatic carbocycles. The van der Waals surface area contributed by atoms with Gasteiger partial charge in [-0.2, -0.15) is 0 Å². The monoisotopic (exact) mass is 340 g/mol. The van der Waals surface area contributed by atoms with Crippen molar-refractivity contribution in [1.82, 2.24) is 0 Å². The molecule has 0 aromatic heterocycles. The molecule has 8 heteroatoms. The molecule has 0 rings (SSSR count). The van der Waals surface area contributed by atoms with Crippen molar-refractivity contribution >= 4 is 0 Å². The van der Waals surface area contributed by atoms with Crippen LogP contribution in [0.5, 0.6) is 0 Å². The lowest BCUT2D eigenvalue weighted by Crippen LogP contribution is -2.36. The molecule has 23 heavy (non-hydrogen) atoms. The minimum atomic E-state index is -0.941. The van der Waals surface area contributed by atoms with Crippen molar-refractivity contribution < 1.29 is 39.0 Å². The molecule has 0 heterocycles. The van der Waals surface area contributed by atoms with Gasteiger partial charge in [-0.25, -0.2) is 0 Å². The number of aliphatic hydroxyl groups excluding tert-OH is 3. The van der Waals surface area contributed by atoms with Crippen LogP contribution in [0, 0.1) is 0 Å². The van der Waals surface area contributed by atoms with Crippen LogP contribution in [0.15, 0.2) is 0 Å². The highest BCUT2D eigenvalue weighted by Crippen LogP contribution is 2.01. The van der Waals surface area contributed by atoms with E-state index in [-0.39, 0.29) is 19.8 Å². The van der Waals surface area contributed by atoms with Gasteiger partial charge < -0.3 is 39.0 Å². The molecule has 2 atom stereocenters. The van der Waals surface area contributed by atoms with Gasteiger partial charge in [0.15, 0.2) is 0 Å². The largest absolute Gasteiger partial charge is 0.394 e. The summed E-state index contributed by atoms with van der Waals surface area (Å²) in [6.45, 7) is 5.33. The maximum Gasteiger partial charge on any atom is 0.109 e. The van der Waals surface area contributed by atoms with Gasteiger partial charge in [0.1, 0.15) is 12.2 Å². The second kappa shape index (κ2) is 18.0. The van der Waals surface area contributed by atoms with Gasteiger partial charge in [-0.05, 0) is 6.42 Å². The predicted molar refractivity (Wildman–Crippen MR) is 83.5 cm³/mol. The van der Waals surface area contributed by atoms with E-state index >= 15 is 0 Å². The van der Waals surface area contributed by atoms with Crippen molar-refractivity contribution in [2.75, 3.05) is 72.7 Å². The third kappa shape index (κ3) is 15.0. The lowest BCUT2D eigenvalue weighted by atomic mass is 10.2. The van der Waals surface area contributed by atoms with E-state index < -0.39 is 12.2 Å². The Morgan fingerprint density at radius 2 is 1.26 bits per heavy atom. The average Bonchev–Trinajstić information content (AvgIpc) is 2.57. The van der Waals surface area contributed by atoms with E-state index in [1.165, 1.54) is 0 Å². The lowest BCUT2D eigenvalue weighted by molar-refractivity contribution is -0.0981. The number of ether oxygens (including phenoxy) is 5. The van der Waals surface area contributed by atoms with E-state index in [9.17, 15) is 5.11 Å². The Hall–Kier alpha value is -0.320. The fourth-order valence-electron chi connectivity index (χ4n) is 1.58. The molecule has 0 saturated heterocycles. The molecule has 140 valence electrons. The van der Waals surface area contributed by atoms with Crippen molar-refractivity contribution in [1.29, 1.82) is 0 Å². The van der Waals surface area contributed by atoms with E-state index in [2.05, 4.69) is 0 Å². The summed E-state index contributed by atoms with van der Waals surface area (Å²) in [5.74, 6) is 0. The van der Waals surface area contributed by atoms with E-state index in [0.717, 1.165) is 6.42 Å². The second-order valence-electron chi connectivity index (χ2n) is 4.79. The fourth-order valence-corrected chi connectivity index (χ4v) is 1.58. The summed E-state index contributed by atoms with van der Waals surface area (Å²) in [7, 11) is 0. The molecule has 0 radical (unpaired) electrons. The second-order valence-corrected chi connectivity index (χ2v) is 4.79. The third-order valence-electron chi connectivity index (χ3n) is 2.79. The van der Waals surface area contributed by atoms with Crippen LogP contribution in [0.2, 0.25) is 0 Å². The van der Waals surface area contributed by atoms with Crippen molar-refractivity contribution in [2.45, 2.75) is 25.6 Å². The van der Waals surface area contributed by atoms with Gasteiger partial charge in [0, 0.05) is 6.61 Å². The molecule has 0 aromatic rings. The van der Waals surface area contributed by atoms with Crippen LogP contribution < -0.4 is 0 Å². The van der Waals surface area contributed by atoms with Crippen LogP contribution >= 0.6 is 0 Å². The first-order valence-corrected chi connectivity index (χ1v) is 8.08. The molecule has 8 nitrogen and oxygen atoms in total. The van der Waals surface area contributed by atoms with Crippen molar-refractivity contribution in [3.63, 3.8) is 0 Å². The van der Waals surface area contributed by atoms with Gasteiger partial charge >= 0.3 is 0 Å². The van der Waals surface area contributed by atoms with Gasteiger partial charge in [-0.15, -0.1) is 0 Å². The van der Waals surface area contributed by atoms with Gasteiger partial charge in [0.25, 0.3) is 0 Å². The van der Waals surface area contributed by atoms with Gasteiger partial charge in [0.05, 0.1) is 66.1 Å². The molecule has 0 spiro atoms. The zero-order chi connectivity index (χ0) is 17.2. The molecule has 3 N–H and O–H groups in total. The molecule has 0 saturated carbocycles. The van der Waals surface area contributed by atoms with Crippen LogP contribution in [0.25, 0.3) is 0 Å². The molecule has 0 aromatic carbocycles.